The molecule has 128 valence electrons. The van der Waals surface area contributed by atoms with Crippen molar-refractivity contribution < 1.29 is 9.59 Å². The lowest BCUT2D eigenvalue weighted by molar-refractivity contribution is -0.122. The van der Waals surface area contributed by atoms with E-state index in [1.54, 1.807) is 24.3 Å². The van der Waals surface area contributed by atoms with Crippen molar-refractivity contribution in [2.75, 3.05) is 13.1 Å². The van der Waals surface area contributed by atoms with Gasteiger partial charge in [0.15, 0.2) is 0 Å². The lowest BCUT2D eigenvalue weighted by atomic mass is 9.98. The lowest BCUT2D eigenvalue weighted by Crippen LogP contribution is -2.36. The van der Waals surface area contributed by atoms with E-state index in [9.17, 15) is 9.59 Å². The van der Waals surface area contributed by atoms with Crippen LogP contribution in [0.25, 0.3) is 0 Å². The Labute approximate surface area is 146 Å². The largest absolute Gasteiger partial charge is 0.354 e. The van der Waals surface area contributed by atoms with Crippen LogP contribution in [0.3, 0.4) is 0 Å². The van der Waals surface area contributed by atoms with Crippen LogP contribution in [0.4, 0.5) is 0 Å². The fourth-order valence-electron chi connectivity index (χ4n) is 2.55. The first-order valence-electron chi connectivity index (χ1n) is 7.73. The number of hydrogen-bond donors (Lipinski definition) is 3. The Kier molecular flexibility index (Phi) is 5.98. The molecule has 0 aliphatic rings. The van der Waals surface area contributed by atoms with Gasteiger partial charge in [-0.15, -0.1) is 0 Å². The van der Waals surface area contributed by atoms with Gasteiger partial charge in [-0.05, 0) is 45.0 Å². The standard InChI is InChI=1S/C17H21ClN4O2/c1-10(15-11(2)21-22-12(15)3)16(23)19-8-9-20-17(24)13-4-6-14(18)7-5-13/h4-7,10H,8-9H2,1-3H3,(H,19,23)(H,20,24)(H,21,22). The zero-order valence-electron chi connectivity index (χ0n) is 13.9. The molecular weight excluding hydrogens is 328 g/mol. The van der Waals surface area contributed by atoms with Crippen molar-refractivity contribution in [2.45, 2.75) is 26.7 Å². The summed E-state index contributed by atoms with van der Waals surface area (Å²) in [5.74, 6) is -0.588. The quantitative estimate of drug-likeness (QED) is 0.700. The Balaban J connectivity index is 1.78. The van der Waals surface area contributed by atoms with E-state index in [-0.39, 0.29) is 17.7 Å². The molecule has 2 aromatic rings. The Morgan fingerprint density at radius 2 is 1.79 bits per heavy atom. The summed E-state index contributed by atoms with van der Waals surface area (Å²) < 4.78 is 0. The van der Waals surface area contributed by atoms with E-state index in [1.165, 1.54) is 0 Å². The monoisotopic (exact) mass is 348 g/mol. The van der Waals surface area contributed by atoms with Crippen molar-refractivity contribution >= 4 is 23.4 Å². The maximum Gasteiger partial charge on any atom is 0.251 e. The molecule has 0 saturated carbocycles. The van der Waals surface area contributed by atoms with Gasteiger partial charge in [0, 0.05) is 34.9 Å². The second kappa shape index (κ2) is 7.97. The average molecular weight is 349 g/mol. The van der Waals surface area contributed by atoms with Gasteiger partial charge < -0.3 is 10.6 Å². The summed E-state index contributed by atoms with van der Waals surface area (Å²) in [6.45, 7) is 6.31. The third kappa shape index (κ3) is 4.35. The van der Waals surface area contributed by atoms with Crippen molar-refractivity contribution in [3.8, 4) is 0 Å². The van der Waals surface area contributed by atoms with Crippen LogP contribution in [-0.4, -0.2) is 35.1 Å². The Bertz CT molecular complexity index is 705. The van der Waals surface area contributed by atoms with Gasteiger partial charge in [0.05, 0.1) is 11.6 Å². The number of carbonyl (C=O) groups excluding carboxylic acids is 2. The number of nitrogens with one attached hydrogen (secondary N) is 3. The topological polar surface area (TPSA) is 86.9 Å². The summed E-state index contributed by atoms with van der Waals surface area (Å²) in [5.41, 5.74) is 3.17. The highest BCUT2D eigenvalue weighted by atomic mass is 35.5. The van der Waals surface area contributed by atoms with Crippen LogP contribution in [0.2, 0.25) is 5.02 Å². The zero-order chi connectivity index (χ0) is 17.7. The molecule has 1 aromatic carbocycles. The van der Waals surface area contributed by atoms with Crippen LogP contribution < -0.4 is 10.6 Å². The zero-order valence-corrected chi connectivity index (χ0v) is 14.7. The van der Waals surface area contributed by atoms with Gasteiger partial charge in [-0.2, -0.15) is 5.10 Å². The number of aromatic nitrogens is 2. The Morgan fingerprint density at radius 3 is 2.38 bits per heavy atom. The summed E-state index contributed by atoms with van der Waals surface area (Å²) in [6, 6.07) is 6.64. The molecule has 3 N–H and O–H groups in total. The predicted octanol–water partition coefficient (Wildman–Crippen LogP) is 2.33. The number of nitrogens with zero attached hydrogens (tertiary/aromatic N) is 1. The number of aromatic amines is 1. The molecule has 1 heterocycles. The lowest BCUT2D eigenvalue weighted by Gasteiger charge is -2.13. The number of carbonyl (C=O) groups is 2. The Morgan fingerprint density at radius 1 is 1.17 bits per heavy atom. The van der Waals surface area contributed by atoms with Crippen LogP contribution >= 0.6 is 11.6 Å². The first-order chi connectivity index (χ1) is 11.4. The molecule has 6 nitrogen and oxygen atoms in total. The number of rotatable bonds is 6. The summed E-state index contributed by atoms with van der Waals surface area (Å²) >= 11 is 5.79. The van der Waals surface area contributed by atoms with Crippen molar-refractivity contribution in [1.29, 1.82) is 0 Å². The molecule has 0 spiro atoms. The molecule has 0 fully saturated rings. The van der Waals surface area contributed by atoms with Crippen molar-refractivity contribution in [3.05, 3.63) is 51.8 Å². The summed E-state index contributed by atoms with van der Waals surface area (Å²) in [5, 5.41) is 13.1. The molecule has 1 aromatic heterocycles. The van der Waals surface area contributed by atoms with E-state index in [4.69, 9.17) is 11.6 Å². The van der Waals surface area contributed by atoms with Gasteiger partial charge in [0.1, 0.15) is 0 Å². The van der Waals surface area contributed by atoms with E-state index < -0.39 is 0 Å². The predicted molar refractivity (Wildman–Crippen MR) is 93.3 cm³/mol. The summed E-state index contributed by atoms with van der Waals surface area (Å²) in [6.07, 6.45) is 0. The van der Waals surface area contributed by atoms with E-state index in [2.05, 4.69) is 20.8 Å². The molecular formula is C17H21ClN4O2. The molecule has 7 heteroatoms. The van der Waals surface area contributed by atoms with Crippen LogP contribution in [0.5, 0.6) is 0 Å². The molecule has 1 atom stereocenters. The van der Waals surface area contributed by atoms with E-state index >= 15 is 0 Å². The molecule has 0 aliphatic carbocycles. The van der Waals surface area contributed by atoms with Crippen molar-refractivity contribution in [1.82, 2.24) is 20.8 Å². The van der Waals surface area contributed by atoms with Gasteiger partial charge in [-0.3, -0.25) is 14.7 Å². The third-order valence-corrected chi connectivity index (χ3v) is 4.08. The number of benzene rings is 1. The van der Waals surface area contributed by atoms with E-state index in [0.717, 1.165) is 17.0 Å². The third-order valence-electron chi connectivity index (χ3n) is 3.83. The van der Waals surface area contributed by atoms with Gasteiger partial charge in [0.2, 0.25) is 5.91 Å². The molecule has 2 rings (SSSR count). The maximum absolute atomic E-state index is 12.2. The highest BCUT2D eigenvalue weighted by Gasteiger charge is 2.20. The minimum absolute atomic E-state index is 0.0941. The molecule has 0 aliphatic heterocycles. The number of H-pyrrole nitrogens is 1. The van der Waals surface area contributed by atoms with Crippen LogP contribution in [0.1, 0.15) is 40.2 Å². The SMILES string of the molecule is Cc1n[nH]c(C)c1C(C)C(=O)NCCNC(=O)c1ccc(Cl)cc1. The number of halogens is 1. The van der Waals surface area contributed by atoms with E-state index in [0.29, 0.717) is 23.7 Å². The smallest absolute Gasteiger partial charge is 0.251 e. The maximum atomic E-state index is 12.2. The molecule has 0 bridgehead atoms. The van der Waals surface area contributed by atoms with E-state index in [1.807, 2.05) is 20.8 Å². The Hall–Kier alpha value is -2.34. The van der Waals surface area contributed by atoms with Crippen molar-refractivity contribution in [2.24, 2.45) is 0 Å². The normalized spacial score (nSPS) is 11.8. The molecule has 2 amide bonds. The second-order valence-corrected chi connectivity index (χ2v) is 6.06. The van der Waals surface area contributed by atoms with Gasteiger partial charge in [-0.25, -0.2) is 0 Å². The first-order valence-corrected chi connectivity index (χ1v) is 8.11. The molecule has 24 heavy (non-hydrogen) atoms. The summed E-state index contributed by atoms with van der Waals surface area (Å²) in [7, 11) is 0. The highest BCUT2D eigenvalue weighted by Crippen LogP contribution is 2.21. The fraction of sp³-hybridized carbons (Fsp3) is 0.353. The van der Waals surface area contributed by atoms with Crippen LogP contribution in [0.15, 0.2) is 24.3 Å². The molecule has 0 saturated heterocycles. The van der Waals surface area contributed by atoms with Crippen LogP contribution in [0, 0.1) is 13.8 Å². The van der Waals surface area contributed by atoms with Gasteiger partial charge >= 0.3 is 0 Å². The van der Waals surface area contributed by atoms with Gasteiger partial charge in [0.25, 0.3) is 5.91 Å². The fourth-order valence-corrected chi connectivity index (χ4v) is 2.67. The van der Waals surface area contributed by atoms with Gasteiger partial charge in [-0.1, -0.05) is 11.6 Å². The van der Waals surface area contributed by atoms with Crippen molar-refractivity contribution in [3.63, 3.8) is 0 Å². The molecule has 1 unspecified atom stereocenters. The number of hydrogen-bond acceptors (Lipinski definition) is 3. The number of aryl methyl sites for hydroxylation is 2. The highest BCUT2D eigenvalue weighted by molar-refractivity contribution is 6.30. The first kappa shape index (κ1) is 18.0. The second-order valence-electron chi connectivity index (χ2n) is 5.62. The molecule has 0 radical (unpaired) electrons. The average Bonchev–Trinajstić information content (AvgIpc) is 2.89. The minimum atomic E-state index is -0.296. The summed E-state index contributed by atoms with van der Waals surface area (Å²) in [4.78, 5) is 24.1. The minimum Gasteiger partial charge on any atom is -0.354 e. The number of amides is 2. The van der Waals surface area contributed by atoms with Crippen LogP contribution in [-0.2, 0) is 4.79 Å².